The van der Waals surface area contributed by atoms with E-state index in [1.807, 2.05) is 72.9 Å². The summed E-state index contributed by atoms with van der Waals surface area (Å²) in [5.41, 5.74) is 11.5. The number of aromatic nitrogens is 6. The molecule has 262 valence electrons. The van der Waals surface area contributed by atoms with Crippen molar-refractivity contribution in [2.24, 2.45) is 0 Å². The van der Waals surface area contributed by atoms with Gasteiger partial charge in [-0.25, -0.2) is 19.9 Å². The van der Waals surface area contributed by atoms with Gasteiger partial charge in [-0.3, -0.25) is 4.57 Å². The molecule has 0 bridgehead atoms. The van der Waals surface area contributed by atoms with Gasteiger partial charge < -0.3 is 4.57 Å². The van der Waals surface area contributed by atoms with E-state index >= 15 is 0 Å². The molecule has 0 saturated heterocycles. The summed E-state index contributed by atoms with van der Waals surface area (Å²) in [7, 11) is 0. The zero-order valence-corrected chi connectivity index (χ0v) is 30.2. The van der Waals surface area contributed by atoms with Crippen LogP contribution in [0.25, 0.3) is 100 Å². The lowest BCUT2D eigenvalue weighted by atomic mass is 9.98. The Hall–Kier alpha value is -7.70. The van der Waals surface area contributed by atoms with Crippen molar-refractivity contribution >= 4 is 43.7 Å². The minimum Gasteiger partial charge on any atom is -0.309 e. The third-order valence-corrected chi connectivity index (χ3v) is 10.6. The van der Waals surface area contributed by atoms with E-state index in [-0.39, 0.29) is 0 Å². The van der Waals surface area contributed by atoms with E-state index in [0.29, 0.717) is 17.5 Å². The molecule has 0 saturated carbocycles. The maximum absolute atomic E-state index is 5.03. The van der Waals surface area contributed by atoms with Gasteiger partial charge in [-0.15, -0.1) is 0 Å². The number of benzene rings is 7. The summed E-state index contributed by atoms with van der Waals surface area (Å²) in [5, 5.41) is 4.68. The summed E-state index contributed by atoms with van der Waals surface area (Å²) in [6.45, 7) is 0. The number of nitrogens with zero attached hydrogens (tertiary/aromatic N) is 6. The number of para-hydroxylation sites is 2. The Morgan fingerprint density at radius 1 is 0.339 bits per heavy atom. The fourth-order valence-electron chi connectivity index (χ4n) is 8.11. The minimum atomic E-state index is 0.607. The van der Waals surface area contributed by atoms with Crippen LogP contribution in [0.2, 0.25) is 0 Å². The van der Waals surface area contributed by atoms with Crippen LogP contribution in [0.5, 0.6) is 0 Å². The van der Waals surface area contributed by atoms with Crippen molar-refractivity contribution in [2.75, 3.05) is 0 Å². The first-order valence-electron chi connectivity index (χ1n) is 18.7. The molecule has 0 fully saturated rings. The summed E-state index contributed by atoms with van der Waals surface area (Å²) in [4.78, 5) is 19.9. The summed E-state index contributed by atoms with van der Waals surface area (Å²) < 4.78 is 4.63. The minimum absolute atomic E-state index is 0.607. The molecule has 0 aliphatic rings. The molecule has 0 N–H and O–H groups in total. The van der Waals surface area contributed by atoms with Crippen LogP contribution in [0.15, 0.2) is 194 Å². The highest BCUT2D eigenvalue weighted by Crippen LogP contribution is 2.41. The summed E-state index contributed by atoms with van der Waals surface area (Å²) in [6, 6.07) is 65.5. The molecule has 7 aromatic carbocycles. The van der Waals surface area contributed by atoms with Crippen LogP contribution in [-0.4, -0.2) is 29.1 Å². The number of fused-ring (bicyclic) bond motifs is 6. The maximum atomic E-state index is 5.03. The lowest BCUT2D eigenvalue weighted by Crippen LogP contribution is -2.01. The third kappa shape index (κ3) is 5.19. The lowest BCUT2D eigenvalue weighted by Gasteiger charge is -2.12. The van der Waals surface area contributed by atoms with Crippen LogP contribution in [0.3, 0.4) is 0 Å². The second kappa shape index (κ2) is 13.0. The van der Waals surface area contributed by atoms with Gasteiger partial charge in [0.1, 0.15) is 5.65 Å². The Labute approximate surface area is 322 Å². The molecule has 0 amide bonds. The van der Waals surface area contributed by atoms with E-state index in [2.05, 4.69) is 130 Å². The first-order chi connectivity index (χ1) is 27.8. The van der Waals surface area contributed by atoms with E-state index in [1.165, 1.54) is 27.4 Å². The number of pyridine rings is 1. The van der Waals surface area contributed by atoms with Gasteiger partial charge in [0.2, 0.25) is 0 Å². The van der Waals surface area contributed by atoms with Gasteiger partial charge in [0.05, 0.1) is 16.6 Å². The maximum Gasteiger partial charge on any atom is 0.164 e. The highest BCUT2D eigenvalue weighted by molar-refractivity contribution is 6.17. The van der Waals surface area contributed by atoms with E-state index in [1.54, 1.807) is 0 Å². The Morgan fingerprint density at radius 2 is 0.929 bits per heavy atom. The van der Waals surface area contributed by atoms with E-state index in [9.17, 15) is 0 Å². The van der Waals surface area contributed by atoms with Gasteiger partial charge in [0.25, 0.3) is 0 Å². The fraction of sp³-hybridized carbons (Fsp3) is 0. The third-order valence-electron chi connectivity index (χ3n) is 10.6. The summed E-state index contributed by atoms with van der Waals surface area (Å²) in [5.74, 6) is 1.87. The molecule has 11 aromatic rings. The van der Waals surface area contributed by atoms with Crippen LogP contribution < -0.4 is 0 Å². The van der Waals surface area contributed by atoms with Gasteiger partial charge in [-0.2, -0.15) is 0 Å². The van der Waals surface area contributed by atoms with Gasteiger partial charge in [0.15, 0.2) is 17.5 Å². The quantitative estimate of drug-likeness (QED) is 0.172. The first-order valence-corrected chi connectivity index (χ1v) is 18.7. The number of hydrogen-bond donors (Lipinski definition) is 0. The van der Waals surface area contributed by atoms with Crippen molar-refractivity contribution in [1.29, 1.82) is 0 Å². The average molecular weight is 717 g/mol. The molecular formula is C50H32N6. The predicted molar refractivity (Wildman–Crippen MR) is 228 cm³/mol. The highest BCUT2D eigenvalue weighted by Gasteiger charge is 2.19. The highest BCUT2D eigenvalue weighted by atomic mass is 15.1. The Morgan fingerprint density at radius 3 is 1.68 bits per heavy atom. The molecule has 4 heterocycles. The van der Waals surface area contributed by atoms with Gasteiger partial charge in [0, 0.05) is 55.8 Å². The van der Waals surface area contributed by atoms with Crippen molar-refractivity contribution in [3.05, 3.63) is 194 Å². The lowest BCUT2D eigenvalue weighted by molar-refractivity contribution is 1.07. The standard InChI is InChI=1S/C50H32N6/c1-4-15-33(16-5-1)47-52-48(34-17-6-2-7-18-34)54-49(53-47)36-19-12-22-38(31-36)56-45-32-35(28-29-40(45)41-25-14-30-51-50(41)56)39-24-13-27-44-46(39)42-23-10-11-26-43(42)55(44)37-20-8-3-9-21-37/h1-32H. The molecule has 0 aliphatic heterocycles. The van der Waals surface area contributed by atoms with Crippen LogP contribution in [-0.2, 0) is 0 Å². The molecule has 0 radical (unpaired) electrons. The number of rotatable bonds is 6. The predicted octanol–water partition coefficient (Wildman–Crippen LogP) is 12.1. The molecule has 0 aliphatic carbocycles. The molecule has 6 nitrogen and oxygen atoms in total. The van der Waals surface area contributed by atoms with Crippen molar-refractivity contribution in [1.82, 2.24) is 29.1 Å². The van der Waals surface area contributed by atoms with E-state index < -0.39 is 0 Å². The van der Waals surface area contributed by atoms with Crippen LogP contribution in [0.4, 0.5) is 0 Å². The van der Waals surface area contributed by atoms with Gasteiger partial charge in [-0.05, 0) is 65.7 Å². The molecule has 4 aromatic heterocycles. The van der Waals surface area contributed by atoms with Crippen LogP contribution in [0, 0.1) is 0 Å². The molecule has 0 unspecified atom stereocenters. The average Bonchev–Trinajstić information content (AvgIpc) is 3.80. The van der Waals surface area contributed by atoms with Gasteiger partial charge in [-0.1, -0.05) is 133 Å². The van der Waals surface area contributed by atoms with E-state index in [0.717, 1.165) is 55.6 Å². The molecule has 0 spiro atoms. The Kier molecular flexibility index (Phi) is 7.38. The molecule has 6 heteroatoms. The largest absolute Gasteiger partial charge is 0.309 e. The molecular weight excluding hydrogens is 685 g/mol. The topological polar surface area (TPSA) is 61.4 Å². The molecule has 56 heavy (non-hydrogen) atoms. The second-order valence-corrected chi connectivity index (χ2v) is 13.9. The molecule has 0 atom stereocenters. The normalized spacial score (nSPS) is 11.6. The zero-order valence-electron chi connectivity index (χ0n) is 30.2. The van der Waals surface area contributed by atoms with E-state index in [4.69, 9.17) is 19.9 Å². The van der Waals surface area contributed by atoms with Crippen LogP contribution in [0.1, 0.15) is 0 Å². The summed E-state index contributed by atoms with van der Waals surface area (Å²) in [6.07, 6.45) is 1.87. The SMILES string of the molecule is c1ccc(-c2nc(-c3ccccc3)nc(-c3cccc(-n4c5cc(-c6cccc7c6c6ccccc6n7-c6ccccc6)ccc5c5cccnc54)c3)n2)cc1. The van der Waals surface area contributed by atoms with Crippen molar-refractivity contribution < 1.29 is 0 Å². The monoisotopic (exact) mass is 716 g/mol. The first kappa shape index (κ1) is 31.8. The van der Waals surface area contributed by atoms with Crippen molar-refractivity contribution in [3.63, 3.8) is 0 Å². The van der Waals surface area contributed by atoms with Crippen molar-refractivity contribution in [2.45, 2.75) is 0 Å². The van der Waals surface area contributed by atoms with Crippen LogP contribution >= 0.6 is 0 Å². The molecule has 11 rings (SSSR count). The smallest absolute Gasteiger partial charge is 0.164 e. The fourth-order valence-corrected chi connectivity index (χ4v) is 8.11. The van der Waals surface area contributed by atoms with Crippen molar-refractivity contribution in [3.8, 4) is 56.7 Å². The zero-order chi connectivity index (χ0) is 37.0. The Balaban J connectivity index is 1.11. The Bertz CT molecular complexity index is 3180. The second-order valence-electron chi connectivity index (χ2n) is 13.9. The number of hydrogen-bond acceptors (Lipinski definition) is 4. The summed E-state index contributed by atoms with van der Waals surface area (Å²) >= 11 is 0. The van der Waals surface area contributed by atoms with Gasteiger partial charge >= 0.3 is 0 Å².